The summed E-state index contributed by atoms with van der Waals surface area (Å²) in [6.07, 6.45) is 5.67. The molecule has 2 N–H and O–H groups in total. The van der Waals surface area contributed by atoms with Crippen molar-refractivity contribution < 1.29 is 19.1 Å². The number of amides is 1. The van der Waals surface area contributed by atoms with E-state index in [4.69, 9.17) is 0 Å². The molecule has 0 radical (unpaired) electrons. The van der Waals surface area contributed by atoms with Crippen LogP contribution in [0.1, 0.15) is 48.2 Å². The molecule has 1 saturated carbocycles. The molecular formula is C19H22FN3O3. The SMILES string of the molecule is Cc1cn(-c2ccc(F)cc2)nc1C(=O)N[C@H]1CCCCC[C@H]1C(=O)O. The van der Waals surface area contributed by atoms with Crippen LogP contribution in [0, 0.1) is 18.7 Å². The smallest absolute Gasteiger partial charge is 0.308 e. The maximum Gasteiger partial charge on any atom is 0.308 e. The third-order valence-corrected chi connectivity index (χ3v) is 4.85. The molecule has 1 aromatic heterocycles. The van der Waals surface area contributed by atoms with Crippen LogP contribution in [-0.2, 0) is 4.79 Å². The molecule has 1 heterocycles. The summed E-state index contributed by atoms with van der Waals surface area (Å²) in [4.78, 5) is 24.2. The normalized spacial score (nSPS) is 20.4. The van der Waals surface area contributed by atoms with Crippen molar-refractivity contribution in [2.45, 2.75) is 45.1 Å². The Hall–Kier alpha value is -2.70. The molecule has 1 aliphatic rings. The highest BCUT2D eigenvalue weighted by Gasteiger charge is 2.31. The van der Waals surface area contributed by atoms with Gasteiger partial charge in [0.1, 0.15) is 5.82 Å². The predicted octanol–water partition coefficient (Wildman–Crippen LogP) is 3.08. The minimum absolute atomic E-state index is 0.253. The molecule has 0 saturated heterocycles. The number of halogens is 1. The zero-order chi connectivity index (χ0) is 18.7. The largest absolute Gasteiger partial charge is 0.481 e. The number of hydrogen-bond acceptors (Lipinski definition) is 3. The Morgan fingerprint density at radius 2 is 1.88 bits per heavy atom. The first-order valence-corrected chi connectivity index (χ1v) is 8.81. The molecule has 1 aliphatic carbocycles. The zero-order valence-corrected chi connectivity index (χ0v) is 14.6. The van der Waals surface area contributed by atoms with E-state index in [1.807, 2.05) is 0 Å². The quantitative estimate of drug-likeness (QED) is 0.822. The molecule has 0 unspecified atom stereocenters. The molecule has 6 nitrogen and oxygen atoms in total. The van der Waals surface area contributed by atoms with Gasteiger partial charge in [-0.2, -0.15) is 5.10 Å². The van der Waals surface area contributed by atoms with E-state index < -0.39 is 17.9 Å². The average Bonchev–Trinajstić information content (AvgIpc) is 2.84. The number of aliphatic carboxylic acids is 1. The van der Waals surface area contributed by atoms with Crippen molar-refractivity contribution in [1.29, 1.82) is 0 Å². The van der Waals surface area contributed by atoms with E-state index >= 15 is 0 Å². The molecule has 0 spiro atoms. The summed E-state index contributed by atoms with van der Waals surface area (Å²) in [5.41, 5.74) is 1.57. The summed E-state index contributed by atoms with van der Waals surface area (Å²) in [5, 5.41) is 16.6. The number of nitrogens with zero attached hydrogens (tertiary/aromatic N) is 2. The van der Waals surface area contributed by atoms with Crippen molar-refractivity contribution in [2.75, 3.05) is 0 Å². The van der Waals surface area contributed by atoms with Crippen molar-refractivity contribution in [3.8, 4) is 5.69 Å². The maximum absolute atomic E-state index is 13.1. The minimum atomic E-state index is -0.870. The molecule has 1 aromatic carbocycles. The summed E-state index contributed by atoms with van der Waals surface area (Å²) in [6, 6.07) is 5.42. The van der Waals surface area contributed by atoms with Crippen molar-refractivity contribution in [1.82, 2.24) is 15.1 Å². The second-order valence-corrected chi connectivity index (χ2v) is 6.74. The van der Waals surface area contributed by atoms with Crippen LogP contribution in [0.2, 0.25) is 0 Å². The van der Waals surface area contributed by atoms with Gasteiger partial charge in [-0.1, -0.05) is 19.3 Å². The monoisotopic (exact) mass is 359 g/mol. The molecule has 0 aliphatic heterocycles. The van der Waals surface area contributed by atoms with Crippen molar-refractivity contribution in [3.05, 3.63) is 47.5 Å². The summed E-state index contributed by atoms with van der Waals surface area (Å²) in [5.74, 6) is -2.16. The molecule has 0 bridgehead atoms. The lowest BCUT2D eigenvalue weighted by molar-refractivity contribution is -0.142. The highest BCUT2D eigenvalue weighted by Crippen LogP contribution is 2.24. The second kappa shape index (κ2) is 7.68. The topological polar surface area (TPSA) is 84.2 Å². The number of nitrogens with one attached hydrogen (secondary N) is 1. The fraction of sp³-hybridized carbons (Fsp3) is 0.421. The van der Waals surface area contributed by atoms with Gasteiger partial charge in [-0.3, -0.25) is 9.59 Å². The standard InChI is InChI=1S/C19H22FN3O3/c1-12-11-23(14-9-7-13(20)8-10-14)22-17(12)18(24)21-16-6-4-2-3-5-15(16)19(25)26/h7-11,15-16H,2-6H2,1H3,(H,21,24)(H,25,26)/t15-,16+/m1/s1. The molecule has 1 amide bonds. The summed E-state index contributed by atoms with van der Waals surface area (Å²) >= 11 is 0. The molecule has 2 aromatic rings. The van der Waals surface area contributed by atoms with Gasteiger partial charge in [0.25, 0.3) is 5.91 Å². The number of carbonyl (C=O) groups excluding carboxylic acids is 1. The number of aryl methyl sites for hydroxylation is 1. The average molecular weight is 359 g/mol. The van der Waals surface area contributed by atoms with Crippen LogP contribution in [0.5, 0.6) is 0 Å². The fourth-order valence-electron chi connectivity index (χ4n) is 3.42. The van der Waals surface area contributed by atoms with Crippen molar-refractivity contribution >= 4 is 11.9 Å². The molecular weight excluding hydrogens is 337 g/mol. The first-order chi connectivity index (χ1) is 12.5. The minimum Gasteiger partial charge on any atom is -0.481 e. The van der Waals surface area contributed by atoms with Crippen LogP contribution in [0.25, 0.3) is 5.69 Å². The Morgan fingerprint density at radius 1 is 1.19 bits per heavy atom. The van der Waals surface area contributed by atoms with E-state index in [-0.39, 0.29) is 17.4 Å². The Kier molecular flexibility index (Phi) is 5.35. The highest BCUT2D eigenvalue weighted by molar-refractivity contribution is 5.94. The fourth-order valence-corrected chi connectivity index (χ4v) is 3.42. The van der Waals surface area contributed by atoms with Gasteiger partial charge in [0.05, 0.1) is 11.6 Å². The third-order valence-electron chi connectivity index (χ3n) is 4.85. The second-order valence-electron chi connectivity index (χ2n) is 6.74. The van der Waals surface area contributed by atoms with E-state index in [0.29, 0.717) is 24.1 Å². The lowest BCUT2D eigenvalue weighted by Crippen LogP contribution is -2.43. The van der Waals surface area contributed by atoms with Gasteiger partial charge in [-0.05, 0) is 44.0 Å². The number of carbonyl (C=O) groups is 2. The van der Waals surface area contributed by atoms with E-state index in [1.165, 1.54) is 16.8 Å². The first kappa shape index (κ1) is 18.1. The molecule has 138 valence electrons. The third kappa shape index (κ3) is 3.92. The number of hydrogen-bond donors (Lipinski definition) is 2. The summed E-state index contributed by atoms with van der Waals surface area (Å²) in [7, 11) is 0. The predicted molar refractivity (Wildman–Crippen MR) is 93.7 cm³/mol. The van der Waals surface area contributed by atoms with Gasteiger partial charge < -0.3 is 10.4 Å². The van der Waals surface area contributed by atoms with E-state index in [9.17, 15) is 19.1 Å². The van der Waals surface area contributed by atoms with Crippen LogP contribution in [0.4, 0.5) is 4.39 Å². The number of benzene rings is 1. The van der Waals surface area contributed by atoms with Gasteiger partial charge in [0, 0.05) is 17.8 Å². The van der Waals surface area contributed by atoms with E-state index in [2.05, 4.69) is 10.4 Å². The Bertz CT molecular complexity index is 801. The summed E-state index contributed by atoms with van der Waals surface area (Å²) < 4.78 is 14.6. The van der Waals surface area contributed by atoms with Gasteiger partial charge in [-0.15, -0.1) is 0 Å². The lowest BCUT2D eigenvalue weighted by Gasteiger charge is -2.22. The van der Waals surface area contributed by atoms with Crippen molar-refractivity contribution in [2.24, 2.45) is 5.92 Å². The van der Waals surface area contributed by atoms with E-state index in [0.717, 1.165) is 19.3 Å². The summed E-state index contributed by atoms with van der Waals surface area (Å²) in [6.45, 7) is 1.77. The Balaban J connectivity index is 1.79. The van der Waals surface area contributed by atoms with Gasteiger partial charge in [0.15, 0.2) is 5.69 Å². The first-order valence-electron chi connectivity index (χ1n) is 8.81. The van der Waals surface area contributed by atoms with Crippen LogP contribution >= 0.6 is 0 Å². The molecule has 7 heteroatoms. The lowest BCUT2D eigenvalue weighted by atomic mass is 9.94. The Morgan fingerprint density at radius 3 is 2.58 bits per heavy atom. The molecule has 26 heavy (non-hydrogen) atoms. The van der Waals surface area contributed by atoms with E-state index in [1.54, 1.807) is 25.3 Å². The van der Waals surface area contributed by atoms with Crippen LogP contribution in [0.3, 0.4) is 0 Å². The number of carboxylic acid groups (broad SMARTS) is 1. The zero-order valence-electron chi connectivity index (χ0n) is 14.6. The van der Waals surface area contributed by atoms with Crippen LogP contribution in [0.15, 0.2) is 30.5 Å². The van der Waals surface area contributed by atoms with Gasteiger partial charge in [-0.25, -0.2) is 9.07 Å². The van der Waals surface area contributed by atoms with Crippen LogP contribution in [-0.4, -0.2) is 32.8 Å². The van der Waals surface area contributed by atoms with Crippen molar-refractivity contribution in [3.63, 3.8) is 0 Å². The number of aromatic nitrogens is 2. The molecule has 2 atom stereocenters. The molecule has 1 fully saturated rings. The number of rotatable bonds is 4. The Labute approximate surface area is 151 Å². The molecule has 3 rings (SSSR count). The van der Waals surface area contributed by atoms with Gasteiger partial charge >= 0.3 is 5.97 Å². The number of carboxylic acids is 1. The highest BCUT2D eigenvalue weighted by atomic mass is 19.1. The van der Waals surface area contributed by atoms with Gasteiger partial charge in [0.2, 0.25) is 0 Å². The maximum atomic E-state index is 13.1. The van der Waals surface area contributed by atoms with Crippen LogP contribution < -0.4 is 5.32 Å².